The lowest BCUT2D eigenvalue weighted by Crippen LogP contribution is -2.33. The van der Waals surface area contributed by atoms with Crippen molar-refractivity contribution in [2.45, 2.75) is 31.8 Å². The molecule has 1 aromatic carbocycles. The molecule has 128 valence electrons. The number of fused-ring (bicyclic) bond motifs is 1. The predicted molar refractivity (Wildman–Crippen MR) is 94.5 cm³/mol. The van der Waals surface area contributed by atoms with Gasteiger partial charge in [-0.25, -0.2) is 9.67 Å². The lowest BCUT2D eigenvalue weighted by molar-refractivity contribution is 0.455. The van der Waals surface area contributed by atoms with Gasteiger partial charge in [-0.15, -0.1) is 0 Å². The average molecular weight is 357 g/mol. The van der Waals surface area contributed by atoms with E-state index in [0.29, 0.717) is 23.1 Å². The Labute approximate surface area is 149 Å². The molecule has 0 saturated carbocycles. The summed E-state index contributed by atoms with van der Waals surface area (Å²) in [7, 11) is 0. The summed E-state index contributed by atoms with van der Waals surface area (Å²) >= 11 is 6.18. The van der Waals surface area contributed by atoms with Crippen LogP contribution in [-0.2, 0) is 19.4 Å². The molecule has 0 saturated heterocycles. The highest BCUT2D eigenvalue weighted by atomic mass is 35.5. The number of halogens is 1. The molecular weight excluding hydrogens is 340 g/mol. The Kier molecular flexibility index (Phi) is 4.15. The molecule has 0 amide bonds. The van der Waals surface area contributed by atoms with Gasteiger partial charge in [0.2, 0.25) is 5.89 Å². The number of hydrogen-bond acceptors (Lipinski definition) is 5. The van der Waals surface area contributed by atoms with Crippen LogP contribution in [0.4, 0.5) is 0 Å². The number of nitrogens with zero attached hydrogens (tertiary/aromatic N) is 3. The molecule has 0 fully saturated rings. The monoisotopic (exact) mass is 356 g/mol. The summed E-state index contributed by atoms with van der Waals surface area (Å²) in [4.78, 5) is 16.6. The molecule has 2 N–H and O–H groups in total. The number of rotatable bonds is 3. The van der Waals surface area contributed by atoms with E-state index in [9.17, 15) is 4.79 Å². The number of oxazole rings is 1. The lowest BCUT2D eigenvalue weighted by Gasteiger charge is -2.20. The minimum absolute atomic E-state index is 0.106. The van der Waals surface area contributed by atoms with Gasteiger partial charge in [-0.2, -0.15) is 5.10 Å². The van der Waals surface area contributed by atoms with E-state index in [2.05, 4.69) is 10.1 Å². The minimum Gasteiger partial charge on any atom is -0.439 e. The van der Waals surface area contributed by atoms with E-state index >= 15 is 0 Å². The van der Waals surface area contributed by atoms with E-state index in [1.54, 1.807) is 18.3 Å². The van der Waals surface area contributed by atoms with Crippen LogP contribution in [0.25, 0.3) is 11.3 Å². The zero-order valence-electron chi connectivity index (χ0n) is 13.5. The normalized spacial score (nSPS) is 16.6. The third kappa shape index (κ3) is 3.23. The van der Waals surface area contributed by atoms with Crippen LogP contribution < -0.4 is 11.3 Å². The highest BCUT2D eigenvalue weighted by Crippen LogP contribution is 2.28. The fraction of sp³-hybridized carbons (Fsp3) is 0.278. The van der Waals surface area contributed by atoms with Crippen LogP contribution in [0.3, 0.4) is 0 Å². The maximum atomic E-state index is 12.3. The maximum Gasteiger partial charge on any atom is 0.267 e. The molecule has 0 bridgehead atoms. The van der Waals surface area contributed by atoms with Gasteiger partial charge in [-0.1, -0.05) is 23.7 Å². The molecule has 0 aliphatic heterocycles. The topological polar surface area (TPSA) is 86.9 Å². The average Bonchev–Trinajstić information content (AvgIpc) is 3.04. The Morgan fingerprint density at radius 2 is 2.20 bits per heavy atom. The van der Waals surface area contributed by atoms with E-state index in [-0.39, 0.29) is 18.1 Å². The zero-order chi connectivity index (χ0) is 17.4. The van der Waals surface area contributed by atoms with Crippen molar-refractivity contribution in [2.75, 3.05) is 0 Å². The Balaban J connectivity index is 1.61. The van der Waals surface area contributed by atoms with Gasteiger partial charge in [-0.05, 0) is 37.0 Å². The van der Waals surface area contributed by atoms with Crippen LogP contribution in [0.2, 0.25) is 5.02 Å². The van der Waals surface area contributed by atoms with Gasteiger partial charge in [0, 0.05) is 17.7 Å². The molecule has 1 atom stereocenters. The summed E-state index contributed by atoms with van der Waals surface area (Å²) in [6.45, 7) is 0.183. The van der Waals surface area contributed by atoms with Crippen LogP contribution in [0.1, 0.15) is 23.6 Å². The molecule has 1 aliphatic rings. The molecule has 4 rings (SSSR count). The molecule has 7 heteroatoms. The number of benzene rings is 1. The van der Waals surface area contributed by atoms with Gasteiger partial charge in [0.25, 0.3) is 5.56 Å². The molecule has 3 aromatic rings. The fourth-order valence-electron chi connectivity index (χ4n) is 3.07. The first-order chi connectivity index (χ1) is 12.1. The van der Waals surface area contributed by atoms with Crippen LogP contribution in [0, 0.1) is 0 Å². The summed E-state index contributed by atoms with van der Waals surface area (Å²) in [5, 5.41) is 5.05. The summed E-state index contributed by atoms with van der Waals surface area (Å²) in [5.74, 6) is 0.981. The maximum absolute atomic E-state index is 12.3. The second-order valence-electron chi connectivity index (χ2n) is 6.21. The second-order valence-corrected chi connectivity index (χ2v) is 6.62. The van der Waals surface area contributed by atoms with Gasteiger partial charge < -0.3 is 10.2 Å². The molecule has 2 heterocycles. The van der Waals surface area contributed by atoms with Gasteiger partial charge in [-0.3, -0.25) is 4.79 Å². The molecule has 0 radical (unpaired) electrons. The molecule has 2 aromatic heterocycles. The minimum atomic E-state index is -0.176. The van der Waals surface area contributed by atoms with Gasteiger partial charge in [0.1, 0.15) is 6.54 Å². The van der Waals surface area contributed by atoms with Crippen molar-refractivity contribution in [3.8, 4) is 11.3 Å². The first-order valence-electron chi connectivity index (χ1n) is 8.15. The summed E-state index contributed by atoms with van der Waals surface area (Å²) in [6, 6.07) is 9.11. The van der Waals surface area contributed by atoms with Crippen molar-refractivity contribution in [3.05, 3.63) is 69.1 Å². The van der Waals surface area contributed by atoms with Crippen molar-refractivity contribution < 1.29 is 4.42 Å². The molecule has 1 aliphatic carbocycles. The third-order valence-electron chi connectivity index (χ3n) is 4.38. The largest absolute Gasteiger partial charge is 0.439 e. The van der Waals surface area contributed by atoms with Crippen molar-refractivity contribution in [1.29, 1.82) is 0 Å². The molecule has 6 nitrogen and oxygen atoms in total. The van der Waals surface area contributed by atoms with Crippen molar-refractivity contribution in [3.63, 3.8) is 0 Å². The predicted octanol–water partition coefficient (Wildman–Crippen LogP) is 2.42. The van der Waals surface area contributed by atoms with E-state index < -0.39 is 0 Å². The van der Waals surface area contributed by atoms with E-state index in [1.807, 2.05) is 18.2 Å². The highest BCUT2D eigenvalue weighted by Gasteiger charge is 2.19. The molecular formula is C18H17ClN4O2. The highest BCUT2D eigenvalue weighted by molar-refractivity contribution is 6.33. The smallest absolute Gasteiger partial charge is 0.267 e. The van der Waals surface area contributed by atoms with Crippen LogP contribution in [0.5, 0.6) is 0 Å². The zero-order valence-corrected chi connectivity index (χ0v) is 14.2. The van der Waals surface area contributed by atoms with E-state index in [4.69, 9.17) is 21.8 Å². The summed E-state index contributed by atoms with van der Waals surface area (Å²) in [5.41, 5.74) is 8.43. The Morgan fingerprint density at radius 3 is 3.04 bits per heavy atom. The fourth-order valence-corrected chi connectivity index (χ4v) is 3.30. The van der Waals surface area contributed by atoms with Gasteiger partial charge in [0.05, 0.1) is 16.9 Å². The SMILES string of the molecule is NC1CCc2nn(Cc3ncc(-c4ccccc4Cl)o3)c(=O)cc2C1. The van der Waals surface area contributed by atoms with Crippen LogP contribution >= 0.6 is 11.6 Å². The number of hydrogen-bond donors (Lipinski definition) is 1. The summed E-state index contributed by atoms with van der Waals surface area (Å²) in [6.07, 6.45) is 3.98. The third-order valence-corrected chi connectivity index (χ3v) is 4.71. The molecule has 0 spiro atoms. The number of aromatic nitrogens is 3. The Bertz CT molecular complexity index is 979. The van der Waals surface area contributed by atoms with Crippen LogP contribution in [0.15, 0.2) is 45.7 Å². The second kappa shape index (κ2) is 6.46. The molecule has 25 heavy (non-hydrogen) atoms. The van der Waals surface area contributed by atoms with Gasteiger partial charge in [0.15, 0.2) is 5.76 Å². The van der Waals surface area contributed by atoms with Crippen LogP contribution in [-0.4, -0.2) is 20.8 Å². The van der Waals surface area contributed by atoms with Crippen molar-refractivity contribution in [1.82, 2.24) is 14.8 Å². The standard InChI is InChI=1S/C18H17ClN4O2/c19-14-4-2-1-3-13(14)16-9-21-17(25-16)10-23-18(24)8-11-7-12(20)5-6-15(11)22-23/h1-4,8-9,12H,5-7,10,20H2. The van der Waals surface area contributed by atoms with Gasteiger partial charge >= 0.3 is 0 Å². The number of aryl methyl sites for hydroxylation is 1. The first-order valence-corrected chi connectivity index (χ1v) is 8.53. The lowest BCUT2D eigenvalue weighted by atomic mass is 9.93. The Hall–Kier alpha value is -2.44. The Morgan fingerprint density at radius 1 is 1.36 bits per heavy atom. The van der Waals surface area contributed by atoms with Crippen molar-refractivity contribution >= 4 is 11.6 Å². The van der Waals surface area contributed by atoms with E-state index in [0.717, 1.165) is 29.7 Å². The summed E-state index contributed by atoms with van der Waals surface area (Å²) < 4.78 is 7.14. The van der Waals surface area contributed by atoms with E-state index in [1.165, 1.54) is 4.68 Å². The van der Waals surface area contributed by atoms with Crippen molar-refractivity contribution in [2.24, 2.45) is 5.73 Å². The number of nitrogens with two attached hydrogens (primary N) is 1. The molecule has 1 unspecified atom stereocenters. The quantitative estimate of drug-likeness (QED) is 0.778. The first kappa shape index (κ1) is 16.1.